The van der Waals surface area contributed by atoms with Crippen LogP contribution < -0.4 is 9.47 Å². The van der Waals surface area contributed by atoms with Crippen LogP contribution in [0.4, 0.5) is 0 Å². The molecule has 1 aromatic carbocycles. The number of ether oxygens (including phenoxy) is 3. The fraction of sp³-hybridized carbons (Fsp3) is 0.333. The molecule has 0 saturated carbocycles. The maximum absolute atomic E-state index is 5.57. The van der Waals surface area contributed by atoms with Gasteiger partial charge in [-0.15, -0.1) is 0 Å². The number of methoxy groups -OCH3 is 1. The Kier molecular flexibility index (Phi) is 2.92. The molecule has 0 amide bonds. The average Bonchev–Trinajstić information content (AvgIpc) is 2.26. The van der Waals surface area contributed by atoms with Crippen molar-refractivity contribution in [1.82, 2.24) is 0 Å². The van der Waals surface area contributed by atoms with Crippen LogP contribution in [0.2, 0.25) is 0 Å². The van der Waals surface area contributed by atoms with Crippen LogP contribution in [0, 0.1) is 0 Å². The second-order valence-electron chi connectivity index (χ2n) is 3.50. The van der Waals surface area contributed by atoms with E-state index in [1.54, 1.807) is 7.11 Å². The highest BCUT2D eigenvalue weighted by atomic mass is 16.7. The van der Waals surface area contributed by atoms with Gasteiger partial charge in [-0.2, -0.15) is 0 Å². The summed E-state index contributed by atoms with van der Waals surface area (Å²) >= 11 is 0. The fourth-order valence-corrected chi connectivity index (χ4v) is 1.52. The molecule has 2 rings (SSSR count). The van der Waals surface area contributed by atoms with E-state index in [1.807, 2.05) is 25.1 Å². The molecule has 3 heteroatoms. The van der Waals surface area contributed by atoms with Gasteiger partial charge in [-0.1, -0.05) is 6.07 Å². The fourth-order valence-electron chi connectivity index (χ4n) is 1.52. The Bertz CT molecular complexity index is 382. The molecule has 0 atom stereocenters. The van der Waals surface area contributed by atoms with Crippen LogP contribution in [-0.2, 0) is 4.74 Å². The third kappa shape index (κ3) is 2.13. The SMILES string of the molecule is COCOc1cccc2c1C=C(C)CO2. The van der Waals surface area contributed by atoms with Crippen molar-refractivity contribution in [2.45, 2.75) is 6.92 Å². The summed E-state index contributed by atoms with van der Waals surface area (Å²) in [5.41, 5.74) is 2.19. The summed E-state index contributed by atoms with van der Waals surface area (Å²) in [4.78, 5) is 0. The molecule has 80 valence electrons. The normalized spacial score (nSPS) is 13.9. The Morgan fingerprint density at radius 1 is 1.40 bits per heavy atom. The lowest BCUT2D eigenvalue weighted by Gasteiger charge is -2.18. The maximum atomic E-state index is 5.57. The van der Waals surface area contributed by atoms with Crippen molar-refractivity contribution < 1.29 is 14.2 Å². The van der Waals surface area contributed by atoms with Gasteiger partial charge in [0.15, 0.2) is 6.79 Å². The second-order valence-corrected chi connectivity index (χ2v) is 3.50. The Labute approximate surface area is 89.3 Å². The molecule has 1 aliphatic heterocycles. The van der Waals surface area contributed by atoms with Crippen molar-refractivity contribution in [2.75, 3.05) is 20.5 Å². The van der Waals surface area contributed by atoms with Gasteiger partial charge in [0, 0.05) is 7.11 Å². The molecule has 1 heterocycles. The van der Waals surface area contributed by atoms with Crippen LogP contribution >= 0.6 is 0 Å². The van der Waals surface area contributed by atoms with Crippen molar-refractivity contribution in [3.63, 3.8) is 0 Å². The van der Waals surface area contributed by atoms with Gasteiger partial charge in [0.05, 0.1) is 5.56 Å². The lowest BCUT2D eigenvalue weighted by Crippen LogP contribution is -2.07. The van der Waals surface area contributed by atoms with E-state index in [0.717, 1.165) is 17.1 Å². The van der Waals surface area contributed by atoms with E-state index in [0.29, 0.717) is 6.61 Å². The van der Waals surface area contributed by atoms with Crippen LogP contribution in [0.5, 0.6) is 11.5 Å². The highest BCUT2D eigenvalue weighted by molar-refractivity contribution is 5.67. The van der Waals surface area contributed by atoms with Crippen molar-refractivity contribution in [2.24, 2.45) is 0 Å². The van der Waals surface area contributed by atoms with Crippen LogP contribution in [0.25, 0.3) is 6.08 Å². The Morgan fingerprint density at radius 2 is 2.27 bits per heavy atom. The molecule has 1 aliphatic rings. The summed E-state index contributed by atoms with van der Waals surface area (Å²) in [6, 6.07) is 5.77. The van der Waals surface area contributed by atoms with E-state index in [-0.39, 0.29) is 6.79 Å². The summed E-state index contributed by atoms with van der Waals surface area (Å²) in [6.07, 6.45) is 2.09. The zero-order chi connectivity index (χ0) is 10.7. The van der Waals surface area contributed by atoms with E-state index in [1.165, 1.54) is 5.57 Å². The molecule has 0 aliphatic carbocycles. The first-order valence-electron chi connectivity index (χ1n) is 4.86. The van der Waals surface area contributed by atoms with Gasteiger partial charge in [0.1, 0.15) is 18.1 Å². The molecule has 0 radical (unpaired) electrons. The zero-order valence-electron chi connectivity index (χ0n) is 8.95. The quantitative estimate of drug-likeness (QED) is 0.711. The molecule has 0 fully saturated rings. The number of hydrogen-bond acceptors (Lipinski definition) is 3. The van der Waals surface area contributed by atoms with Gasteiger partial charge in [-0.3, -0.25) is 0 Å². The molecule has 1 aromatic rings. The highest BCUT2D eigenvalue weighted by Gasteiger charge is 2.13. The van der Waals surface area contributed by atoms with E-state index >= 15 is 0 Å². The molecule has 0 unspecified atom stereocenters. The van der Waals surface area contributed by atoms with Crippen molar-refractivity contribution in [3.8, 4) is 11.5 Å². The molecule has 0 spiro atoms. The minimum Gasteiger partial charge on any atom is -0.488 e. The monoisotopic (exact) mass is 206 g/mol. The van der Waals surface area contributed by atoms with Crippen molar-refractivity contribution >= 4 is 6.08 Å². The maximum Gasteiger partial charge on any atom is 0.188 e. The molecule has 15 heavy (non-hydrogen) atoms. The van der Waals surface area contributed by atoms with Crippen LogP contribution in [0.15, 0.2) is 23.8 Å². The van der Waals surface area contributed by atoms with Crippen LogP contribution in [-0.4, -0.2) is 20.5 Å². The topological polar surface area (TPSA) is 27.7 Å². The van der Waals surface area contributed by atoms with Gasteiger partial charge in [0.25, 0.3) is 0 Å². The van der Waals surface area contributed by atoms with E-state index in [9.17, 15) is 0 Å². The zero-order valence-corrected chi connectivity index (χ0v) is 8.95. The first-order chi connectivity index (χ1) is 7.31. The molecular formula is C12H14O3. The molecule has 0 N–H and O–H groups in total. The summed E-state index contributed by atoms with van der Waals surface area (Å²) < 4.78 is 15.9. The summed E-state index contributed by atoms with van der Waals surface area (Å²) in [7, 11) is 1.60. The Hall–Kier alpha value is -1.48. The van der Waals surface area contributed by atoms with Gasteiger partial charge in [-0.25, -0.2) is 0 Å². The largest absolute Gasteiger partial charge is 0.488 e. The minimum atomic E-state index is 0.253. The number of hydrogen-bond donors (Lipinski definition) is 0. The minimum absolute atomic E-state index is 0.253. The number of benzene rings is 1. The lowest BCUT2D eigenvalue weighted by atomic mass is 10.1. The first kappa shape index (κ1) is 10.1. The van der Waals surface area contributed by atoms with Crippen LogP contribution in [0.3, 0.4) is 0 Å². The standard InChI is InChI=1S/C12H14O3/c1-9-6-10-11(14-7-9)4-3-5-12(10)15-8-13-2/h3-6H,7-8H2,1-2H3. The molecule has 0 saturated heterocycles. The van der Waals surface area contributed by atoms with E-state index in [2.05, 4.69) is 6.08 Å². The summed E-state index contributed by atoms with van der Waals surface area (Å²) in [5, 5.41) is 0. The predicted octanol–water partition coefficient (Wildman–Crippen LogP) is 2.47. The van der Waals surface area contributed by atoms with Crippen molar-refractivity contribution in [1.29, 1.82) is 0 Å². The molecule has 0 bridgehead atoms. The highest BCUT2D eigenvalue weighted by Crippen LogP contribution is 2.33. The lowest BCUT2D eigenvalue weighted by molar-refractivity contribution is 0.0507. The predicted molar refractivity (Wildman–Crippen MR) is 58.1 cm³/mol. The number of rotatable bonds is 3. The Balaban J connectivity index is 2.32. The van der Waals surface area contributed by atoms with Gasteiger partial charge in [0.2, 0.25) is 0 Å². The van der Waals surface area contributed by atoms with Gasteiger partial charge in [-0.05, 0) is 30.7 Å². The summed E-state index contributed by atoms with van der Waals surface area (Å²) in [5.74, 6) is 1.67. The van der Waals surface area contributed by atoms with Crippen molar-refractivity contribution in [3.05, 3.63) is 29.3 Å². The molecule has 3 nitrogen and oxygen atoms in total. The molecule has 0 aromatic heterocycles. The number of fused-ring (bicyclic) bond motifs is 1. The smallest absolute Gasteiger partial charge is 0.188 e. The first-order valence-corrected chi connectivity index (χ1v) is 4.86. The third-order valence-electron chi connectivity index (χ3n) is 2.20. The third-order valence-corrected chi connectivity index (χ3v) is 2.20. The van der Waals surface area contributed by atoms with Crippen LogP contribution in [0.1, 0.15) is 12.5 Å². The second kappa shape index (κ2) is 4.36. The van der Waals surface area contributed by atoms with E-state index in [4.69, 9.17) is 14.2 Å². The Morgan fingerprint density at radius 3 is 3.07 bits per heavy atom. The van der Waals surface area contributed by atoms with Gasteiger partial charge < -0.3 is 14.2 Å². The molecular weight excluding hydrogens is 192 g/mol. The average molecular weight is 206 g/mol. The van der Waals surface area contributed by atoms with Gasteiger partial charge >= 0.3 is 0 Å². The van der Waals surface area contributed by atoms with E-state index < -0.39 is 0 Å². The summed E-state index contributed by atoms with van der Waals surface area (Å²) in [6.45, 7) is 2.94.